The molecule has 98 valence electrons. The van der Waals surface area contributed by atoms with Crippen LogP contribution in [0.1, 0.15) is 32.1 Å². The number of nitriles is 1. The van der Waals surface area contributed by atoms with E-state index in [4.69, 9.17) is 5.26 Å². The van der Waals surface area contributed by atoms with Crippen LogP contribution in [0.25, 0.3) is 0 Å². The van der Waals surface area contributed by atoms with E-state index in [-0.39, 0.29) is 31.8 Å². The number of rotatable bonds is 5. The topological polar surface area (TPSA) is 96.5 Å². The lowest BCUT2D eigenvalue weighted by atomic mass is 9.92. The Labute approximate surface area is 102 Å². The third kappa shape index (κ3) is 3.65. The predicted molar refractivity (Wildman–Crippen MR) is 63.1 cm³/mol. The Morgan fingerprint density at radius 3 is 2.18 bits per heavy atom. The number of aliphatic hydroxyl groups is 3. The van der Waals surface area contributed by atoms with Crippen LogP contribution in [0.4, 0.5) is 0 Å². The molecule has 5 nitrogen and oxygen atoms in total. The van der Waals surface area contributed by atoms with E-state index >= 15 is 0 Å². The van der Waals surface area contributed by atoms with E-state index in [2.05, 4.69) is 11.4 Å². The minimum absolute atomic E-state index is 0.0612. The van der Waals surface area contributed by atoms with Crippen molar-refractivity contribution < 1.29 is 15.3 Å². The average Bonchev–Trinajstić information content (AvgIpc) is 2.61. The van der Waals surface area contributed by atoms with Gasteiger partial charge in [-0.25, -0.2) is 0 Å². The Morgan fingerprint density at radius 2 is 1.65 bits per heavy atom. The molecule has 0 radical (unpaired) electrons. The van der Waals surface area contributed by atoms with E-state index in [0.29, 0.717) is 0 Å². The summed E-state index contributed by atoms with van der Waals surface area (Å²) in [6.07, 6.45) is 4.88. The summed E-state index contributed by atoms with van der Waals surface area (Å²) in [5, 5.41) is 40.0. The van der Waals surface area contributed by atoms with Gasteiger partial charge in [0, 0.05) is 6.04 Å². The molecule has 2 atom stereocenters. The Hall–Kier alpha value is -0.670. The number of aliphatic hydroxyl groups excluding tert-OH is 3. The third-order valence-corrected chi connectivity index (χ3v) is 3.58. The predicted octanol–water partition coefficient (Wildman–Crippen LogP) is -0.236. The van der Waals surface area contributed by atoms with Gasteiger partial charge in [-0.15, -0.1) is 0 Å². The van der Waals surface area contributed by atoms with Gasteiger partial charge in [0.25, 0.3) is 0 Å². The van der Waals surface area contributed by atoms with Gasteiger partial charge in [-0.1, -0.05) is 19.3 Å². The van der Waals surface area contributed by atoms with Crippen molar-refractivity contribution in [3.63, 3.8) is 0 Å². The molecule has 2 unspecified atom stereocenters. The molecule has 1 rings (SSSR count). The van der Waals surface area contributed by atoms with Gasteiger partial charge in [-0.05, 0) is 12.8 Å². The average molecular weight is 242 g/mol. The van der Waals surface area contributed by atoms with Gasteiger partial charge in [0.05, 0.1) is 37.3 Å². The van der Waals surface area contributed by atoms with Crippen LogP contribution in [-0.2, 0) is 0 Å². The summed E-state index contributed by atoms with van der Waals surface area (Å²) in [6.45, 7) is -1.02. The van der Waals surface area contributed by atoms with Gasteiger partial charge in [0.2, 0.25) is 0 Å². The van der Waals surface area contributed by atoms with Crippen LogP contribution < -0.4 is 5.32 Å². The van der Waals surface area contributed by atoms with Crippen molar-refractivity contribution in [2.24, 2.45) is 5.92 Å². The quantitative estimate of drug-likeness (QED) is 0.499. The maximum atomic E-state index is 9.27. The van der Waals surface area contributed by atoms with E-state index in [1.807, 2.05) is 0 Å². The summed E-state index contributed by atoms with van der Waals surface area (Å²) in [7, 11) is 0. The fraction of sp³-hybridized carbons (Fsp3) is 0.917. The van der Waals surface area contributed by atoms with Crippen molar-refractivity contribution in [3.05, 3.63) is 0 Å². The van der Waals surface area contributed by atoms with Gasteiger partial charge in [0.15, 0.2) is 0 Å². The first-order chi connectivity index (χ1) is 8.21. The summed E-state index contributed by atoms with van der Waals surface area (Å²) in [5.41, 5.74) is -1.08. The molecule has 1 fully saturated rings. The highest BCUT2D eigenvalue weighted by atomic mass is 16.3. The molecule has 0 bridgehead atoms. The van der Waals surface area contributed by atoms with E-state index in [9.17, 15) is 15.3 Å². The van der Waals surface area contributed by atoms with Crippen molar-refractivity contribution in [2.75, 3.05) is 19.8 Å². The van der Waals surface area contributed by atoms with Crippen LogP contribution >= 0.6 is 0 Å². The van der Waals surface area contributed by atoms with E-state index in [1.54, 1.807) is 0 Å². The van der Waals surface area contributed by atoms with Gasteiger partial charge in [-0.3, -0.25) is 0 Å². The zero-order chi connectivity index (χ0) is 12.7. The van der Waals surface area contributed by atoms with Crippen LogP contribution in [0.2, 0.25) is 0 Å². The lowest BCUT2D eigenvalue weighted by Crippen LogP contribution is -2.59. The van der Waals surface area contributed by atoms with E-state index < -0.39 is 5.54 Å². The highest BCUT2D eigenvalue weighted by Gasteiger charge is 2.34. The van der Waals surface area contributed by atoms with E-state index in [1.165, 1.54) is 0 Å². The van der Waals surface area contributed by atoms with Gasteiger partial charge >= 0.3 is 0 Å². The second-order valence-electron chi connectivity index (χ2n) is 4.88. The molecule has 0 saturated heterocycles. The molecule has 0 aromatic rings. The van der Waals surface area contributed by atoms with Crippen molar-refractivity contribution in [3.8, 4) is 6.07 Å². The second-order valence-corrected chi connectivity index (χ2v) is 4.88. The van der Waals surface area contributed by atoms with Crippen molar-refractivity contribution in [1.82, 2.24) is 5.32 Å². The van der Waals surface area contributed by atoms with Crippen LogP contribution in [-0.4, -0.2) is 46.7 Å². The molecule has 0 aliphatic heterocycles. The molecule has 0 heterocycles. The zero-order valence-electron chi connectivity index (χ0n) is 10.1. The lowest BCUT2D eigenvalue weighted by Gasteiger charge is -2.35. The molecule has 0 aromatic heterocycles. The third-order valence-electron chi connectivity index (χ3n) is 3.58. The molecule has 0 spiro atoms. The maximum Gasteiger partial charge on any atom is 0.0884 e. The van der Waals surface area contributed by atoms with Gasteiger partial charge in [-0.2, -0.15) is 5.26 Å². The summed E-state index contributed by atoms with van der Waals surface area (Å²) >= 11 is 0. The number of hydrogen-bond donors (Lipinski definition) is 4. The molecule has 4 N–H and O–H groups in total. The summed E-state index contributed by atoms with van der Waals surface area (Å²) in [6, 6.07) is 2.22. The standard InChI is InChI=1S/C12H22N2O3/c13-6-10-4-2-1-3-5-11(10)14-12(7-15,8-16)9-17/h10-11,14-17H,1-5,7-9H2. The monoisotopic (exact) mass is 242 g/mol. The van der Waals surface area contributed by atoms with Crippen LogP contribution in [0.5, 0.6) is 0 Å². The van der Waals surface area contributed by atoms with Gasteiger partial charge in [0.1, 0.15) is 0 Å². The minimum atomic E-state index is -1.08. The molecule has 5 heteroatoms. The van der Waals surface area contributed by atoms with Crippen LogP contribution in [0.15, 0.2) is 0 Å². The first kappa shape index (κ1) is 14.4. The Bertz CT molecular complexity index is 253. The summed E-state index contributed by atoms with van der Waals surface area (Å²) in [5.74, 6) is -0.110. The number of nitrogens with one attached hydrogen (secondary N) is 1. The number of nitrogens with zero attached hydrogens (tertiary/aromatic N) is 1. The second kappa shape index (κ2) is 6.92. The fourth-order valence-electron chi connectivity index (χ4n) is 2.32. The molecule has 17 heavy (non-hydrogen) atoms. The summed E-state index contributed by atoms with van der Waals surface area (Å²) < 4.78 is 0. The largest absolute Gasteiger partial charge is 0.394 e. The lowest BCUT2D eigenvalue weighted by molar-refractivity contribution is 0.0298. The molecule has 1 saturated carbocycles. The molecule has 0 aromatic carbocycles. The maximum absolute atomic E-state index is 9.27. The Kier molecular flexibility index (Phi) is 5.86. The fourth-order valence-corrected chi connectivity index (χ4v) is 2.32. The Morgan fingerprint density at radius 1 is 1.06 bits per heavy atom. The van der Waals surface area contributed by atoms with Crippen molar-refractivity contribution in [1.29, 1.82) is 5.26 Å². The number of hydrogen-bond acceptors (Lipinski definition) is 5. The minimum Gasteiger partial charge on any atom is -0.394 e. The molecular weight excluding hydrogens is 220 g/mol. The van der Waals surface area contributed by atoms with Crippen LogP contribution in [0, 0.1) is 17.2 Å². The molecule has 0 amide bonds. The SMILES string of the molecule is N#CC1CCCCCC1NC(CO)(CO)CO. The van der Waals surface area contributed by atoms with E-state index in [0.717, 1.165) is 32.1 Å². The summed E-state index contributed by atoms with van der Waals surface area (Å²) in [4.78, 5) is 0. The zero-order valence-corrected chi connectivity index (χ0v) is 10.1. The van der Waals surface area contributed by atoms with Crippen molar-refractivity contribution >= 4 is 0 Å². The van der Waals surface area contributed by atoms with Gasteiger partial charge < -0.3 is 20.6 Å². The normalized spacial score (nSPS) is 26.2. The van der Waals surface area contributed by atoms with Crippen LogP contribution in [0.3, 0.4) is 0 Å². The molecule has 1 aliphatic rings. The first-order valence-electron chi connectivity index (χ1n) is 6.21. The smallest absolute Gasteiger partial charge is 0.0884 e. The first-order valence-corrected chi connectivity index (χ1v) is 6.21. The molecular formula is C12H22N2O3. The molecule has 1 aliphatic carbocycles. The Balaban J connectivity index is 2.71. The highest BCUT2D eigenvalue weighted by Crippen LogP contribution is 2.24. The highest BCUT2D eigenvalue weighted by molar-refractivity contribution is 4.98. The van der Waals surface area contributed by atoms with Crippen molar-refractivity contribution in [2.45, 2.75) is 43.7 Å².